The number of rotatable bonds is 8. The fourth-order valence-corrected chi connectivity index (χ4v) is 4.69. The molecule has 0 amide bonds. The highest BCUT2D eigenvalue weighted by atomic mass is 35.5. The molecule has 1 aliphatic rings. The second-order valence-corrected chi connectivity index (χ2v) is 8.01. The van der Waals surface area contributed by atoms with Crippen molar-refractivity contribution < 1.29 is 0 Å². The maximum atomic E-state index is 6.32. The van der Waals surface area contributed by atoms with Crippen molar-refractivity contribution in [3.63, 3.8) is 0 Å². The average molecular weight is 346 g/mol. The van der Waals surface area contributed by atoms with Gasteiger partial charge in [-0.3, -0.25) is 0 Å². The van der Waals surface area contributed by atoms with Gasteiger partial charge in [0.15, 0.2) is 0 Å². The van der Waals surface area contributed by atoms with Crippen LogP contribution in [0.1, 0.15) is 44.6 Å². The lowest BCUT2D eigenvalue weighted by Crippen LogP contribution is -2.34. The molecule has 0 bridgehead atoms. The molecule has 1 unspecified atom stereocenters. The number of halogens is 2. The summed E-state index contributed by atoms with van der Waals surface area (Å²) < 4.78 is 0. The smallest absolute Gasteiger partial charge is 0.0453 e. The van der Waals surface area contributed by atoms with E-state index in [1.807, 2.05) is 12.1 Å². The lowest BCUT2D eigenvalue weighted by molar-refractivity contribution is 0.549. The molecular formula is C17H25Cl2NS. The van der Waals surface area contributed by atoms with Gasteiger partial charge in [-0.1, -0.05) is 49.0 Å². The van der Waals surface area contributed by atoms with E-state index >= 15 is 0 Å². The molecule has 0 spiro atoms. The lowest BCUT2D eigenvalue weighted by atomic mass is 10.1. The summed E-state index contributed by atoms with van der Waals surface area (Å²) in [7, 11) is 0. The zero-order valence-corrected chi connectivity index (χ0v) is 15.0. The van der Waals surface area contributed by atoms with Gasteiger partial charge in [-0.2, -0.15) is 11.8 Å². The van der Waals surface area contributed by atoms with E-state index in [-0.39, 0.29) is 0 Å². The number of hydrogen-bond donors (Lipinski definition) is 1. The van der Waals surface area contributed by atoms with Crippen LogP contribution in [0, 0.1) is 0 Å². The first kappa shape index (κ1) is 17.5. The number of thioether (sulfide) groups is 1. The highest BCUT2D eigenvalue weighted by Gasteiger charge is 2.18. The van der Waals surface area contributed by atoms with Crippen molar-refractivity contribution in [2.75, 3.05) is 12.3 Å². The van der Waals surface area contributed by atoms with E-state index in [2.05, 4.69) is 30.1 Å². The summed E-state index contributed by atoms with van der Waals surface area (Å²) in [6, 6.07) is 6.34. The highest BCUT2D eigenvalue weighted by Crippen LogP contribution is 2.30. The van der Waals surface area contributed by atoms with E-state index < -0.39 is 0 Å². The molecule has 1 aliphatic carbocycles. The minimum Gasteiger partial charge on any atom is -0.313 e. The van der Waals surface area contributed by atoms with Gasteiger partial charge in [-0.25, -0.2) is 0 Å². The van der Waals surface area contributed by atoms with Gasteiger partial charge in [-0.05, 0) is 49.9 Å². The van der Waals surface area contributed by atoms with Gasteiger partial charge < -0.3 is 5.32 Å². The van der Waals surface area contributed by atoms with Crippen LogP contribution < -0.4 is 5.32 Å². The first-order chi connectivity index (χ1) is 10.2. The van der Waals surface area contributed by atoms with E-state index in [1.54, 1.807) is 0 Å². The number of nitrogens with one attached hydrogen (secondary N) is 1. The highest BCUT2D eigenvalue weighted by molar-refractivity contribution is 7.99. The van der Waals surface area contributed by atoms with E-state index in [0.29, 0.717) is 11.1 Å². The normalized spacial score (nSPS) is 17.3. The van der Waals surface area contributed by atoms with Gasteiger partial charge in [0.25, 0.3) is 0 Å². The van der Waals surface area contributed by atoms with Gasteiger partial charge in [-0.15, -0.1) is 0 Å². The van der Waals surface area contributed by atoms with Crippen molar-refractivity contribution in [2.24, 2.45) is 0 Å². The second-order valence-electron chi connectivity index (χ2n) is 5.83. The molecule has 0 saturated heterocycles. The Bertz CT molecular complexity index is 433. The van der Waals surface area contributed by atoms with Crippen LogP contribution in [0.25, 0.3) is 0 Å². The molecule has 1 N–H and O–H groups in total. The van der Waals surface area contributed by atoms with Crippen LogP contribution in [-0.2, 0) is 6.42 Å². The molecule has 0 aromatic heterocycles. The minimum atomic E-state index is 0.495. The largest absolute Gasteiger partial charge is 0.313 e. The first-order valence-corrected chi connectivity index (χ1v) is 9.78. The monoisotopic (exact) mass is 345 g/mol. The summed E-state index contributed by atoms with van der Waals surface area (Å²) in [6.45, 7) is 3.28. The van der Waals surface area contributed by atoms with Crippen molar-refractivity contribution in [3.05, 3.63) is 33.8 Å². The topological polar surface area (TPSA) is 12.0 Å². The summed E-state index contributed by atoms with van der Waals surface area (Å²) in [5, 5.41) is 6.04. The summed E-state index contributed by atoms with van der Waals surface area (Å²) in [5.41, 5.74) is 1.20. The Hall–Kier alpha value is 0.110. The van der Waals surface area contributed by atoms with Crippen LogP contribution >= 0.6 is 35.0 Å². The second kappa shape index (κ2) is 9.29. The van der Waals surface area contributed by atoms with Crippen LogP contribution in [0.5, 0.6) is 0 Å². The molecule has 1 atom stereocenters. The first-order valence-electron chi connectivity index (χ1n) is 7.98. The average Bonchev–Trinajstić information content (AvgIpc) is 2.97. The summed E-state index contributed by atoms with van der Waals surface area (Å²) in [6.07, 6.45) is 7.76. The maximum Gasteiger partial charge on any atom is 0.0453 e. The predicted molar refractivity (Wildman–Crippen MR) is 97.0 cm³/mol. The molecule has 1 fully saturated rings. The molecule has 0 aliphatic heterocycles. The Balaban J connectivity index is 1.90. The molecule has 118 valence electrons. The SMILES string of the molecule is CCCNC(CSC1CCCC1)Cc1ccc(Cl)cc1Cl. The third-order valence-electron chi connectivity index (χ3n) is 4.00. The molecule has 21 heavy (non-hydrogen) atoms. The van der Waals surface area contributed by atoms with E-state index in [0.717, 1.165) is 23.2 Å². The predicted octanol–water partition coefficient (Wildman–Crippen LogP) is 5.58. The minimum absolute atomic E-state index is 0.495. The van der Waals surface area contributed by atoms with Crippen molar-refractivity contribution >= 4 is 35.0 Å². The number of benzene rings is 1. The van der Waals surface area contributed by atoms with Gasteiger partial charge in [0, 0.05) is 27.1 Å². The fraction of sp³-hybridized carbons (Fsp3) is 0.647. The van der Waals surface area contributed by atoms with Crippen LogP contribution in [0.2, 0.25) is 10.0 Å². The lowest BCUT2D eigenvalue weighted by Gasteiger charge is -2.21. The summed E-state index contributed by atoms with van der Waals surface area (Å²) in [5.74, 6) is 1.17. The standard InChI is InChI=1S/C17H25Cl2NS/c1-2-9-20-15(12-21-16-5-3-4-6-16)10-13-7-8-14(18)11-17(13)19/h7-8,11,15-16,20H,2-6,9-10,12H2,1H3. The van der Waals surface area contributed by atoms with Gasteiger partial charge in [0.05, 0.1) is 0 Å². The molecule has 4 heteroatoms. The molecule has 2 rings (SSSR count). The molecule has 0 radical (unpaired) electrons. The van der Waals surface area contributed by atoms with Gasteiger partial charge in [0.1, 0.15) is 0 Å². The Morgan fingerprint density at radius 1 is 1.29 bits per heavy atom. The van der Waals surface area contributed by atoms with Crippen LogP contribution in [0.4, 0.5) is 0 Å². The van der Waals surface area contributed by atoms with Crippen molar-refractivity contribution in [3.8, 4) is 0 Å². The van der Waals surface area contributed by atoms with Crippen LogP contribution in [0.3, 0.4) is 0 Å². The number of hydrogen-bond acceptors (Lipinski definition) is 2. The third kappa shape index (κ3) is 6.02. The Morgan fingerprint density at radius 3 is 2.71 bits per heavy atom. The Kier molecular flexibility index (Phi) is 7.73. The van der Waals surface area contributed by atoms with Crippen LogP contribution in [-0.4, -0.2) is 23.6 Å². The van der Waals surface area contributed by atoms with Crippen LogP contribution in [0.15, 0.2) is 18.2 Å². The Morgan fingerprint density at radius 2 is 2.05 bits per heavy atom. The van der Waals surface area contributed by atoms with Gasteiger partial charge >= 0.3 is 0 Å². The molecule has 1 aromatic carbocycles. The fourth-order valence-electron chi connectivity index (χ4n) is 2.80. The maximum absolute atomic E-state index is 6.32. The van der Waals surface area contributed by atoms with Crippen molar-refractivity contribution in [2.45, 2.75) is 56.7 Å². The molecule has 0 heterocycles. The zero-order chi connectivity index (χ0) is 15.1. The van der Waals surface area contributed by atoms with Gasteiger partial charge in [0.2, 0.25) is 0 Å². The summed E-state index contributed by atoms with van der Waals surface area (Å²) in [4.78, 5) is 0. The van der Waals surface area contributed by atoms with Crippen molar-refractivity contribution in [1.29, 1.82) is 0 Å². The Labute approximate surface area is 143 Å². The summed E-state index contributed by atoms with van der Waals surface area (Å²) >= 11 is 14.4. The van der Waals surface area contributed by atoms with E-state index in [9.17, 15) is 0 Å². The molecule has 1 aromatic rings. The van der Waals surface area contributed by atoms with E-state index in [4.69, 9.17) is 23.2 Å². The third-order valence-corrected chi connectivity index (χ3v) is 6.12. The molecule has 1 saturated carbocycles. The van der Waals surface area contributed by atoms with E-state index in [1.165, 1.54) is 43.4 Å². The quantitative estimate of drug-likeness (QED) is 0.659. The molecular weight excluding hydrogens is 321 g/mol. The zero-order valence-electron chi connectivity index (χ0n) is 12.7. The molecule has 1 nitrogen and oxygen atoms in total. The van der Waals surface area contributed by atoms with Crippen molar-refractivity contribution in [1.82, 2.24) is 5.32 Å².